The summed E-state index contributed by atoms with van der Waals surface area (Å²) < 4.78 is 28.4. The lowest BCUT2D eigenvalue weighted by Crippen LogP contribution is -2.41. The maximum absolute atomic E-state index is 13.2. The van der Waals surface area contributed by atoms with E-state index in [0.717, 1.165) is 5.57 Å². The Morgan fingerprint density at radius 1 is 1.16 bits per heavy atom. The van der Waals surface area contributed by atoms with Crippen LogP contribution in [0.5, 0.6) is 0 Å². The van der Waals surface area contributed by atoms with Crippen molar-refractivity contribution < 1.29 is 48.0 Å². The highest BCUT2D eigenvalue weighted by Gasteiger charge is 2.68. The van der Waals surface area contributed by atoms with Crippen LogP contribution >= 0.6 is 0 Å². The first-order valence-electron chi connectivity index (χ1n) is 12.3. The molecule has 10 nitrogen and oxygen atoms in total. The molecule has 1 spiro atoms. The van der Waals surface area contributed by atoms with Crippen LogP contribution in [-0.2, 0) is 42.9 Å². The van der Waals surface area contributed by atoms with Gasteiger partial charge in [-0.25, -0.2) is 14.4 Å². The monoisotopic (exact) mass is 516 g/mol. The lowest BCUT2D eigenvalue weighted by atomic mass is 9.77. The summed E-state index contributed by atoms with van der Waals surface area (Å²) in [4.78, 5) is 49.7. The SMILES string of the molecule is C=C1C(=O)OC2C1C(OC(=O)C(=CC)COC(=O)C(=CC)CO)CC1(CO1)C1C(OC(C)=O)C=C(C)C21. The van der Waals surface area contributed by atoms with Crippen LogP contribution in [0.2, 0.25) is 0 Å². The molecule has 0 aromatic heterocycles. The third kappa shape index (κ3) is 4.87. The smallest absolute Gasteiger partial charge is 0.337 e. The molecule has 2 aliphatic heterocycles. The van der Waals surface area contributed by atoms with E-state index in [1.165, 1.54) is 19.1 Å². The van der Waals surface area contributed by atoms with E-state index in [1.807, 2.05) is 13.0 Å². The van der Waals surface area contributed by atoms with E-state index >= 15 is 0 Å². The molecule has 7 atom stereocenters. The second-order valence-electron chi connectivity index (χ2n) is 9.82. The van der Waals surface area contributed by atoms with Crippen LogP contribution in [0.15, 0.2) is 47.1 Å². The van der Waals surface area contributed by atoms with E-state index in [0.29, 0.717) is 6.61 Å². The summed E-state index contributed by atoms with van der Waals surface area (Å²) in [6, 6.07) is 0. The molecular formula is C27H32O10. The molecule has 1 N–H and O–H groups in total. The van der Waals surface area contributed by atoms with Gasteiger partial charge in [0.1, 0.15) is 30.5 Å². The molecule has 37 heavy (non-hydrogen) atoms. The summed E-state index contributed by atoms with van der Waals surface area (Å²) >= 11 is 0. The minimum absolute atomic E-state index is 0.0680. The van der Waals surface area contributed by atoms with Crippen molar-refractivity contribution in [3.8, 4) is 0 Å². The van der Waals surface area contributed by atoms with E-state index in [4.69, 9.17) is 23.7 Å². The van der Waals surface area contributed by atoms with Gasteiger partial charge in [0.15, 0.2) is 0 Å². The Labute approximate surface area is 214 Å². The predicted octanol–water partition coefficient (Wildman–Crippen LogP) is 1.72. The van der Waals surface area contributed by atoms with Crippen molar-refractivity contribution in [1.29, 1.82) is 0 Å². The minimum atomic E-state index is -0.815. The molecule has 7 unspecified atom stereocenters. The highest BCUT2D eigenvalue weighted by atomic mass is 16.6. The van der Waals surface area contributed by atoms with Crippen molar-refractivity contribution in [2.24, 2.45) is 17.8 Å². The summed E-state index contributed by atoms with van der Waals surface area (Å²) in [6.07, 6.45) is 2.98. The molecule has 4 rings (SSSR count). The molecule has 200 valence electrons. The van der Waals surface area contributed by atoms with Gasteiger partial charge in [-0.15, -0.1) is 0 Å². The maximum Gasteiger partial charge on any atom is 0.337 e. The average Bonchev–Trinajstić information content (AvgIpc) is 3.47. The largest absolute Gasteiger partial charge is 0.458 e. The summed E-state index contributed by atoms with van der Waals surface area (Å²) in [5, 5.41) is 9.25. The van der Waals surface area contributed by atoms with Gasteiger partial charge in [-0.3, -0.25) is 4.79 Å². The third-order valence-electron chi connectivity index (χ3n) is 7.69. The van der Waals surface area contributed by atoms with Gasteiger partial charge in [-0.1, -0.05) is 24.3 Å². The zero-order valence-electron chi connectivity index (χ0n) is 21.4. The first kappa shape index (κ1) is 26.8. The number of aliphatic hydroxyl groups excluding tert-OH is 1. The highest BCUT2D eigenvalue weighted by molar-refractivity contribution is 5.93. The number of hydrogen-bond donors (Lipinski definition) is 1. The van der Waals surface area contributed by atoms with E-state index in [1.54, 1.807) is 13.8 Å². The number of carbonyl (C=O) groups excluding carboxylic acids is 4. The number of rotatable bonds is 7. The molecule has 2 aliphatic carbocycles. The van der Waals surface area contributed by atoms with Gasteiger partial charge in [0, 0.05) is 30.8 Å². The van der Waals surface area contributed by atoms with Crippen LogP contribution in [0, 0.1) is 17.8 Å². The molecule has 2 heterocycles. The lowest BCUT2D eigenvalue weighted by Gasteiger charge is -2.31. The van der Waals surface area contributed by atoms with Gasteiger partial charge >= 0.3 is 23.9 Å². The Balaban J connectivity index is 1.59. The summed E-state index contributed by atoms with van der Waals surface area (Å²) in [5.74, 6) is -3.70. The van der Waals surface area contributed by atoms with Crippen molar-refractivity contribution in [1.82, 2.24) is 0 Å². The Hall–Kier alpha value is -3.24. The van der Waals surface area contributed by atoms with E-state index in [2.05, 4.69) is 6.58 Å². The fraction of sp³-hybridized carbons (Fsp3) is 0.556. The van der Waals surface area contributed by atoms with Crippen LogP contribution in [0.1, 0.15) is 34.1 Å². The second-order valence-corrected chi connectivity index (χ2v) is 9.82. The molecule has 0 aromatic carbocycles. The van der Waals surface area contributed by atoms with Crippen LogP contribution in [0.3, 0.4) is 0 Å². The van der Waals surface area contributed by atoms with Gasteiger partial charge in [0.05, 0.1) is 30.3 Å². The van der Waals surface area contributed by atoms with Gasteiger partial charge in [-0.05, 0) is 26.8 Å². The summed E-state index contributed by atoms with van der Waals surface area (Å²) in [7, 11) is 0. The Kier molecular flexibility index (Phi) is 7.43. The second kappa shape index (κ2) is 10.3. The molecule has 4 aliphatic rings. The van der Waals surface area contributed by atoms with Gasteiger partial charge < -0.3 is 28.8 Å². The van der Waals surface area contributed by atoms with Crippen molar-refractivity contribution in [3.05, 3.63) is 47.1 Å². The predicted molar refractivity (Wildman–Crippen MR) is 128 cm³/mol. The van der Waals surface area contributed by atoms with Gasteiger partial charge in [0.2, 0.25) is 0 Å². The fourth-order valence-corrected chi connectivity index (χ4v) is 5.79. The van der Waals surface area contributed by atoms with Gasteiger partial charge in [-0.2, -0.15) is 0 Å². The van der Waals surface area contributed by atoms with Crippen molar-refractivity contribution in [3.63, 3.8) is 0 Å². The molecule has 0 amide bonds. The van der Waals surface area contributed by atoms with Crippen LogP contribution in [0.25, 0.3) is 0 Å². The Bertz CT molecular complexity index is 1110. The zero-order chi connectivity index (χ0) is 27.1. The van der Waals surface area contributed by atoms with Crippen molar-refractivity contribution in [2.45, 2.75) is 58.0 Å². The molecule has 0 radical (unpaired) electrons. The maximum atomic E-state index is 13.2. The molecule has 10 heteroatoms. The number of hydrogen-bond acceptors (Lipinski definition) is 10. The minimum Gasteiger partial charge on any atom is -0.458 e. The number of ether oxygens (including phenoxy) is 5. The number of esters is 4. The van der Waals surface area contributed by atoms with E-state index in [-0.39, 0.29) is 41.6 Å². The number of aliphatic hydroxyl groups is 1. The number of carbonyl (C=O) groups is 4. The lowest BCUT2D eigenvalue weighted by molar-refractivity contribution is -0.151. The zero-order valence-corrected chi connectivity index (χ0v) is 21.4. The highest BCUT2D eigenvalue weighted by Crippen LogP contribution is 2.58. The van der Waals surface area contributed by atoms with Crippen molar-refractivity contribution >= 4 is 23.9 Å². The molecule has 2 saturated heterocycles. The van der Waals surface area contributed by atoms with E-state index < -0.39 is 60.3 Å². The van der Waals surface area contributed by atoms with Crippen LogP contribution < -0.4 is 0 Å². The van der Waals surface area contributed by atoms with Crippen molar-refractivity contribution in [2.75, 3.05) is 19.8 Å². The quantitative estimate of drug-likeness (QED) is 0.175. The molecule has 0 bridgehead atoms. The first-order valence-corrected chi connectivity index (χ1v) is 12.3. The molecular weight excluding hydrogens is 484 g/mol. The van der Waals surface area contributed by atoms with Crippen LogP contribution in [0.4, 0.5) is 0 Å². The Morgan fingerprint density at radius 3 is 2.41 bits per heavy atom. The Morgan fingerprint density at radius 2 is 1.84 bits per heavy atom. The van der Waals surface area contributed by atoms with Gasteiger partial charge in [0.25, 0.3) is 0 Å². The molecule has 1 saturated carbocycles. The summed E-state index contributed by atoms with van der Waals surface area (Å²) in [5.41, 5.74) is 0.542. The normalized spacial score (nSPS) is 34.7. The summed E-state index contributed by atoms with van der Waals surface area (Å²) in [6.45, 7) is 9.90. The number of allylic oxidation sites excluding steroid dienone is 2. The third-order valence-corrected chi connectivity index (χ3v) is 7.69. The number of epoxide rings is 1. The van der Waals surface area contributed by atoms with E-state index in [9.17, 15) is 24.3 Å². The number of fused-ring (bicyclic) bond motifs is 4. The first-order chi connectivity index (χ1) is 17.6. The molecule has 3 fully saturated rings. The fourth-order valence-electron chi connectivity index (χ4n) is 5.79. The average molecular weight is 517 g/mol. The molecule has 0 aromatic rings. The topological polar surface area (TPSA) is 138 Å². The van der Waals surface area contributed by atoms with Crippen LogP contribution in [-0.4, -0.2) is 72.7 Å². The standard InChI is InChI=1S/C27H32O10/c1-6-16(10-28)25(31)33-11-17(7-2)26(32)36-19-9-27(12-34-27)22-18(35-15(5)29)8-13(3)20(22)23-21(19)14(4)24(30)37-23/h6-8,18-23,28H,4,9-12H2,1-3,5H3.